The van der Waals surface area contributed by atoms with Gasteiger partial charge in [0.25, 0.3) is 0 Å². The van der Waals surface area contributed by atoms with Gasteiger partial charge in [-0.1, -0.05) is 25.7 Å². The van der Waals surface area contributed by atoms with Crippen molar-refractivity contribution in [2.24, 2.45) is 0 Å². The third kappa shape index (κ3) is 1.71. The zero-order chi connectivity index (χ0) is 9.38. The van der Waals surface area contributed by atoms with E-state index in [1.165, 1.54) is 51.4 Å². The molecule has 3 fully saturated rings. The van der Waals surface area contributed by atoms with Gasteiger partial charge >= 0.3 is 0 Å². The summed E-state index contributed by atoms with van der Waals surface area (Å²) >= 11 is 2.34. The van der Waals surface area contributed by atoms with Gasteiger partial charge < -0.3 is 5.32 Å². The molecule has 2 heteroatoms. The predicted octanol–water partition coefficient (Wildman–Crippen LogP) is 2.95. The van der Waals surface area contributed by atoms with Crippen LogP contribution in [0.5, 0.6) is 0 Å². The van der Waals surface area contributed by atoms with Gasteiger partial charge in [-0.25, -0.2) is 0 Å². The van der Waals surface area contributed by atoms with Crippen LogP contribution >= 0.6 is 11.8 Å². The van der Waals surface area contributed by atoms with Crippen LogP contribution in [0.3, 0.4) is 0 Å². The van der Waals surface area contributed by atoms with Gasteiger partial charge in [-0.2, -0.15) is 11.8 Å². The first-order valence-electron chi connectivity index (χ1n) is 6.35. The van der Waals surface area contributed by atoms with Gasteiger partial charge in [0.1, 0.15) is 0 Å². The minimum atomic E-state index is 0.869. The molecule has 0 spiro atoms. The molecule has 0 amide bonds. The van der Waals surface area contributed by atoms with Gasteiger partial charge in [0.15, 0.2) is 0 Å². The van der Waals surface area contributed by atoms with E-state index in [4.69, 9.17) is 0 Å². The Balaban J connectivity index is 1.68. The summed E-state index contributed by atoms with van der Waals surface area (Å²) in [7, 11) is 0. The largest absolute Gasteiger partial charge is 0.309 e. The van der Waals surface area contributed by atoms with E-state index in [2.05, 4.69) is 17.1 Å². The zero-order valence-electron chi connectivity index (χ0n) is 8.87. The van der Waals surface area contributed by atoms with Gasteiger partial charge in [0.05, 0.1) is 0 Å². The first-order chi connectivity index (χ1) is 6.93. The highest BCUT2D eigenvalue weighted by Gasteiger charge is 2.38. The SMILES string of the molecule is C1CC[C@H]2S[C@H]3CCCC[C@H]3N[C@H]2C1. The molecule has 3 rings (SSSR count). The number of hydrogen-bond donors (Lipinski definition) is 1. The van der Waals surface area contributed by atoms with Gasteiger partial charge in [0.2, 0.25) is 0 Å². The fourth-order valence-corrected chi connectivity index (χ4v) is 5.26. The molecular weight excluding hydrogens is 190 g/mol. The van der Waals surface area contributed by atoms with Crippen molar-refractivity contribution in [3.05, 3.63) is 0 Å². The van der Waals surface area contributed by atoms with Crippen molar-refractivity contribution in [1.82, 2.24) is 5.32 Å². The molecule has 14 heavy (non-hydrogen) atoms. The second-order valence-electron chi connectivity index (χ2n) is 5.16. The summed E-state index contributed by atoms with van der Waals surface area (Å²) < 4.78 is 0. The maximum Gasteiger partial charge on any atom is 0.0204 e. The molecule has 0 unspecified atom stereocenters. The van der Waals surface area contributed by atoms with E-state index in [0.29, 0.717) is 0 Å². The van der Waals surface area contributed by atoms with Gasteiger partial charge in [0, 0.05) is 22.6 Å². The van der Waals surface area contributed by atoms with Crippen LogP contribution in [0.15, 0.2) is 0 Å². The van der Waals surface area contributed by atoms with E-state index in [1.54, 1.807) is 0 Å². The monoisotopic (exact) mass is 211 g/mol. The van der Waals surface area contributed by atoms with Crippen molar-refractivity contribution in [2.75, 3.05) is 0 Å². The summed E-state index contributed by atoms with van der Waals surface area (Å²) in [5.74, 6) is 0. The van der Waals surface area contributed by atoms with E-state index < -0.39 is 0 Å². The number of thioether (sulfide) groups is 1. The van der Waals surface area contributed by atoms with E-state index in [1.807, 2.05) is 0 Å². The third-order valence-electron chi connectivity index (χ3n) is 4.18. The van der Waals surface area contributed by atoms with Gasteiger partial charge in [-0.3, -0.25) is 0 Å². The molecule has 0 aromatic heterocycles. The summed E-state index contributed by atoms with van der Waals surface area (Å²) in [5, 5.41) is 5.86. The Morgan fingerprint density at radius 1 is 0.714 bits per heavy atom. The Bertz CT molecular complexity index is 164. The van der Waals surface area contributed by atoms with Crippen molar-refractivity contribution >= 4 is 11.8 Å². The average Bonchev–Trinajstić information content (AvgIpc) is 2.26. The second-order valence-corrected chi connectivity index (χ2v) is 6.64. The Labute approximate surface area is 91.4 Å². The van der Waals surface area contributed by atoms with Gasteiger partial charge in [-0.15, -0.1) is 0 Å². The number of rotatable bonds is 0. The Morgan fingerprint density at radius 3 is 1.79 bits per heavy atom. The van der Waals surface area contributed by atoms with E-state index >= 15 is 0 Å². The number of fused-ring (bicyclic) bond motifs is 2. The van der Waals surface area contributed by atoms with Crippen LogP contribution in [-0.4, -0.2) is 22.6 Å². The van der Waals surface area contributed by atoms with Crippen LogP contribution in [0.2, 0.25) is 0 Å². The summed E-state index contributed by atoms with van der Waals surface area (Å²) in [6.45, 7) is 0. The lowest BCUT2D eigenvalue weighted by Gasteiger charge is -2.46. The fraction of sp³-hybridized carbons (Fsp3) is 1.00. The van der Waals surface area contributed by atoms with E-state index in [-0.39, 0.29) is 0 Å². The molecule has 0 aromatic carbocycles. The quantitative estimate of drug-likeness (QED) is 0.661. The first-order valence-corrected chi connectivity index (χ1v) is 7.29. The lowest BCUT2D eigenvalue weighted by Crippen LogP contribution is -2.56. The minimum Gasteiger partial charge on any atom is -0.309 e. The van der Waals surface area contributed by atoms with Crippen LogP contribution < -0.4 is 5.32 Å². The van der Waals surface area contributed by atoms with E-state index in [9.17, 15) is 0 Å². The summed E-state index contributed by atoms with van der Waals surface area (Å²) in [6, 6.07) is 1.74. The molecule has 1 heterocycles. The van der Waals surface area contributed by atoms with Crippen LogP contribution in [0.1, 0.15) is 51.4 Å². The lowest BCUT2D eigenvalue weighted by atomic mass is 9.89. The molecule has 0 radical (unpaired) electrons. The van der Waals surface area contributed by atoms with Crippen LogP contribution in [0.25, 0.3) is 0 Å². The molecule has 0 aromatic rings. The highest BCUT2D eigenvalue weighted by molar-refractivity contribution is 8.00. The molecule has 3 aliphatic rings. The fourth-order valence-electron chi connectivity index (χ4n) is 3.40. The van der Waals surface area contributed by atoms with Crippen molar-refractivity contribution < 1.29 is 0 Å². The summed E-state index contributed by atoms with van der Waals surface area (Å²) in [4.78, 5) is 0. The predicted molar refractivity (Wildman–Crippen MR) is 62.8 cm³/mol. The van der Waals surface area contributed by atoms with Crippen molar-refractivity contribution in [2.45, 2.75) is 74.0 Å². The van der Waals surface area contributed by atoms with Crippen molar-refractivity contribution in [3.63, 3.8) is 0 Å². The van der Waals surface area contributed by atoms with Crippen LogP contribution in [-0.2, 0) is 0 Å². The third-order valence-corrected chi connectivity index (χ3v) is 6.01. The Kier molecular flexibility index (Phi) is 2.76. The molecule has 1 saturated heterocycles. The van der Waals surface area contributed by atoms with Crippen LogP contribution in [0, 0.1) is 0 Å². The first kappa shape index (κ1) is 9.53. The standard InChI is InChI=1S/C12H21NS/c1-3-7-11-9(5-1)13-10-6-2-4-8-12(10)14-11/h9-13H,1-8H2/t9-,10+,11+,12-. The number of hydrogen-bond acceptors (Lipinski definition) is 2. The van der Waals surface area contributed by atoms with Crippen molar-refractivity contribution in [3.8, 4) is 0 Å². The lowest BCUT2D eigenvalue weighted by molar-refractivity contribution is 0.284. The molecule has 80 valence electrons. The molecule has 1 nitrogen and oxygen atoms in total. The van der Waals surface area contributed by atoms with Gasteiger partial charge in [-0.05, 0) is 25.7 Å². The molecule has 2 aliphatic carbocycles. The minimum absolute atomic E-state index is 0.869. The molecule has 2 saturated carbocycles. The highest BCUT2D eigenvalue weighted by Crippen LogP contribution is 2.41. The Morgan fingerprint density at radius 2 is 1.21 bits per heavy atom. The zero-order valence-corrected chi connectivity index (χ0v) is 9.69. The molecule has 0 bridgehead atoms. The maximum absolute atomic E-state index is 3.94. The van der Waals surface area contributed by atoms with Crippen LogP contribution in [0.4, 0.5) is 0 Å². The van der Waals surface area contributed by atoms with Crippen molar-refractivity contribution in [1.29, 1.82) is 0 Å². The summed E-state index contributed by atoms with van der Waals surface area (Å²) in [5.41, 5.74) is 0. The smallest absolute Gasteiger partial charge is 0.0204 e. The topological polar surface area (TPSA) is 12.0 Å². The molecule has 1 N–H and O–H groups in total. The maximum atomic E-state index is 3.94. The Hall–Kier alpha value is 0.310. The summed E-state index contributed by atoms with van der Waals surface area (Å²) in [6.07, 6.45) is 11.7. The highest BCUT2D eigenvalue weighted by atomic mass is 32.2. The van der Waals surface area contributed by atoms with E-state index in [0.717, 1.165) is 22.6 Å². The second kappa shape index (κ2) is 4.05. The normalized spacial score (nSPS) is 48.0. The molecule has 4 atom stereocenters. The average molecular weight is 211 g/mol. The molecule has 1 aliphatic heterocycles. The molecular formula is C12H21NS. The number of nitrogens with one attached hydrogen (secondary N) is 1.